The van der Waals surface area contributed by atoms with E-state index in [0.717, 1.165) is 12.0 Å². The standard InChI is InChI=1S/C5H6OS/c6-4-5-2-1-3-7-5/h1-2,4-5H,3H2. The molecule has 1 nitrogen and oxygen atoms in total. The van der Waals surface area contributed by atoms with Crippen molar-refractivity contribution in [1.29, 1.82) is 0 Å². The van der Waals surface area contributed by atoms with Crippen LogP contribution >= 0.6 is 11.8 Å². The summed E-state index contributed by atoms with van der Waals surface area (Å²) in [6, 6.07) is 0. The molecule has 0 aromatic rings. The van der Waals surface area contributed by atoms with Crippen molar-refractivity contribution in [3.63, 3.8) is 0 Å². The third-order valence-corrected chi connectivity index (χ3v) is 1.88. The first kappa shape index (κ1) is 4.91. The van der Waals surface area contributed by atoms with Crippen LogP contribution in [0, 0.1) is 0 Å². The Morgan fingerprint density at radius 2 is 2.71 bits per heavy atom. The van der Waals surface area contributed by atoms with Gasteiger partial charge in [0.1, 0.15) is 6.29 Å². The molecule has 1 aliphatic rings. The fraction of sp³-hybridized carbons (Fsp3) is 0.400. The molecule has 2 heteroatoms. The maximum absolute atomic E-state index is 9.94. The topological polar surface area (TPSA) is 17.1 Å². The van der Waals surface area contributed by atoms with Gasteiger partial charge in [-0.25, -0.2) is 0 Å². The zero-order chi connectivity index (χ0) is 5.11. The molecule has 0 fully saturated rings. The van der Waals surface area contributed by atoms with E-state index in [1.165, 1.54) is 0 Å². The minimum absolute atomic E-state index is 0.153. The van der Waals surface area contributed by atoms with E-state index in [1.54, 1.807) is 11.8 Å². The molecule has 0 aromatic carbocycles. The summed E-state index contributed by atoms with van der Waals surface area (Å²) < 4.78 is 0. The first-order chi connectivity index (χ1) is 3.43. The molecule has 0 aromatic heterocycles. The first-order valence-electron chi connectivity index (χ1n) is 2.17. The molecule has 1 unspecified atom stereocenters. The maximum Gasteiger partial charge on any atom is 0.136 e. The van der Waals surface area contributed by atoms with Gasteiger partial charge in [0.25, 0.3) is 0 Å². The zero-order valence-corrected chi connectivity index (χ0v) is 4.65. The van der Waals surface area contributed by atoms with E-state index in [4.69, 9.17) is 0 Å². The number of hydrogen-bond acceptors (Lipinski definition) is 2. The minimum Gasteiger partial charge on any atom is -0.302 e. The molecular weight excluding hydrogens is 108 g/mol. The Labute approximate surface area is 46.8 Å². The average molecular weight is 114 g/mol. The van der Waals surface area contributed by atoms with Crippen LogP contribution in [0.4, 0.5) is 0 Å². The van der Waals surface area contributed by atoms with E-state index in [1.807, 2.05) is 12.2 Å². The van der Waals surface area contributed by atoms with E-state index in [2.05, 4.69) is 0 Å². The van der Waals surface area contributed by atoms with Gasteiger partial charge in [-0.15, -0.1) is 11.8 Å². The molecule has 0 aliphatic carbocycles. The molecule has 38 valence electrons. The van der Waals surface area contributed by atoms with Gasteiger partial charge in [0.2, 0.25) is 0 Å². The van der Waals surface area contributed by atoms with E-state index >= 15 is 0 Å². The minimum atomic E-state index is 0.153. The third kappa shape index (κ3) is 1.06. The predicted molar refractivity (Wildman–Crippen MR) is 31.4 cm³/mol. The Morgan fingerprint density at radius 3 is 3.00 bits per heavy atom. The van der Waals surface area contributed by atoms with Gasteiger partial charge in [-0.3, -0.25) is 0 Å². The van der Waals surface area contributed by atoms with Gasteiger partial charge < -0.3 is 4.79 Å². The number of hydrogen-bond donors (Lipinski definition) is 0. The van der Waals surface area contributed by atoms with Gasteiger partial charge in [0.15, 0.2) is 0 Å². The van der Waals surface area contributed by atoms with Crippen LogP contribution in [0.15, 0.2) is 12.2 Å². The van der Waals surface area contributed by atoms with Gasteiger partial charge in [-0.05, 0) is 0 Å². The molecule has 7 heavy (non-hydrogen) atoms. The van der Waals surface area contributed by atoms with E-state index in [9.17, 15) is 4.79 Å². The highest BCUT2D eigenvalue weighted by Gasteiger charge is 2.05. The molecule has 1 heterocycles. The van der Waals surface area contributed by atoms with Crippen LogP contribution in [0.5, 0.6) is 0 Å². The van der Waals surface area contributed by atoms with Crippen LogP contribution in [0.25, 0.3) is 0 Å². The van der Waals surface area contributed by atoms with Crippen molar-refractivity contribution in [3.8, 4) is 0 Å². The van der Waals surface area contributed by atoms with Crippen LogP contribution in [0.1, 0.15) is 0 Å². The lowest BCUT2D eigenvalue weighted by atomic mass is 10.4. The van der Waals surface area contributed by atoms with Crippen molar-refractivity contribution < 1.29 is 4.79 Å². The highest BCUT2D eigenvalue weighted by molar-refractivity contribution is 8.01. The molecule has 0 saturated carbocycles. The predicted octanol–water partition coefficient (Wildman–Crippen LogP) is 0.857. The van der Waals surface area contributed by atoms with Gasteiger partial charge in [-0.2, -0.15) is 0 Å². The lowest BCUT2D eigenvalue weighted by Gasteiger charge is -1.88. The summed E-state index contributed by atoms with van der Waals surface area (Å²) in [5.41, 5.74) is 0. The Balaban J connectivity index is 2.42. The first-order valence-corrected chi connectivity index (χ1v) is 3.22. The van der Waals surface area contributed by atoms with E-state index in [-0.39, 0.29) is 5.25 Å². The third-order valence-electron chi connectivity index (χ3n) is 0.845. The molecule has 0 saturated heterocycles. The molecule has 0 spiro atoms. The number of rotatable bonds is 1. The summed E-state index contributed by atoms with van der Waals surface area (Å²) in [5.74, 6) is 1.00. The maximum atomic E-state index is 9.94. The van der Waals surface area contributed by atoms with Gasteiger partial charge >= 0.3 is 0 Å². The fourth-order valence-corrected chi connectivity index (χ4v) is 1.24. The monoisotopic (exact) mass is 114 g/mol. The van der Waals surface area contributed by atoms with Crippen molar-refractivity contribution in [2.75, 3.05) is 5.75 Å². The summed E-state index contributed by atoms with van der Waals surface area (Å²) in [6.45, 7) is 0. The molecule has 1 aliphatic heterocycles. The van der Waals surface area contributed by atoms with Crippen molar-refractivity contribution in [3.05, 3.63) is 12.2 Å². The summed E-state index contributed by atoms with van der Waals surface area (Å²) in [6.07, 6.45) is 4.91. The largest absolute Gasteiger partial charge is 0.302 e. The Kier molecular flexibility index (Phi) is 1.52. The van der Waals surface area contributed by atoms with Gasteiger partial charge in [-0.1, -0.05) is 12.2 Å². The summed E-state index contributed by atoms with van der Waals surface area (Å²) in [7, 11) is 0. The second kappa shape index (κ2) is 2.17. The van der Waals surface area contributed by atoms with Crippen molar-refractivity contribution in [2.24, 2.45) is 0 Å². The quantitative estimate of drug-likeness (QED) is 0.371. The smallest absolute Gasteiger partial charge is 0.136 e. The lowest BCUT2D eigenvalue weighted by Crippen LogP contribution is -1.92. The van der Waals surface area contributed by atoms with Crippen LogP contribution in [0.3, 0.4) is 0 Å². The van der Waals surface area contributed by atoms with Gasteiger partial charge in [0.05, 0.1) is 5.25 Å². The Bertz CT molecular complexity index is 98.3. The fourth-order valence-electron chi connectivity index (χ4n) is 0.497. The van der Waals surface area contributed by atoms with E-state index in [0.29, 0.717) is 0 Å². The Hall–Kier alpha value is -0.240. The summed E-state index contributed by atoms with van der Waals surface area (Å²) in [5, 5.41) is 0.153. The second-order valence-corrected chi connectivity index (χ2v) is 2.57. The molecular formula is C5H6OS. The summed E-state index contributed by atoms with van der Waals surface area (Å²) >= 11 is 1.66. The molecule has 0 amide bonds. The van der Waals surface area contributed by atoms with Crippen molar-refractivity contribution in [2.45, 2.75) is 5.25 Å². The molecule has 0 bridgehead atoms. The summed E-state index contributed by atoms with van der Waals surface area (Å²) in [4.78, 5) is 9.94. The normalized spacial score (nSPS) is 28.3. The highest BCUT2D eigenvalue weighted by Crippen LogP contribution is 2.16. The van der Waals surface area contributed by atoms with Crippen LogP contribution in [-0.4, -0.2) is 17.3 Å². The lowest BCUT2D eigenvalue weighted by molar-refractivity contribution is -0.106. The highest BCUT2D eigenvalue weighted by atomic mass is 32.2. The second-order valence-electron chi connectivity index (χ2n) is 1.36. The average Bonchev–Trinajstić information content (AvgIpc) is 2.14. The molecule has 1 atom stereocenters. The van der Waals surface area contributed by atoms with E-state index < -0.39 is 0 Å². The zero-order valence-electron chi connectivity index (χ0n) is 3.83. The SMILES string of the molecule is O=CC1C=CCS1. The van der Waals surface area contributed by atoms with Crippen molar-refractivity contribution >= 4 is 18.0 Å². The van der Waals surface area contributed by atoms with Crippen molar-refractivity contribution in [1.82, 2.24) is 0 Å². The number of thioether (sulfide) groups is 1. The van der Waals surface area contributed by atoms with Gasteiger partial charge in [0, 0.05) is 5.75 Å². The van der Waals surface area contributed by atoms with Crippen LogP contribution in [0.2, 0.25) is 0 Å². The number of carbonyl (C=O) groups is 1. The van der Waals surface area contributed by atoms with Crippen LogP contribution in [-0.2, 0) is 4.79 Å². The Morgan fingerprint density at radius 1 is 1.86 bits per heavy atom. The van der Waals surface area contributed by atoms with Crippen LogP contribution < -0.4 is 0 Å². The molecule has 0 N–H and O–H groups in total. The molecule has 0 radical (unpaired) electrons. The number of carbonyl (C=O) groups excluding carboxylic acids is 1. The molecule has 1 rings (SSSR count). The number of aldehydes is 1.